The van der Waals surface area contributed by atoms with Gasteiger partial charge in [-0.1, -0.05) is 18.2 Å². The van der Waals surface area contributed by atoms with Gasteiger partial charge in [-0.2, -0.15) is 0 Å². The fraction of sp³-hybridized carbons (Fsp3) is 0.435. The van der Waals surface area contributed by atoms with E-state index in [9.17, 15) is 4.79 Å². The van der Waals surface area contributed by atoms with E-state index in [4.69, 9.17) is 14.2 Å². The molecule has 0 bridgehead atoms. The number of amides is 1. The SMILES string of the molecule is COc1cc2c(cc1C)C1(C(=O)Nc3ccccc31)[C@@H](CC1CCCCO1)O2. The number of para-hydroxylation sites is 1. The molecule has 0 saturated carbocycles. The predicted octanol–water partition coefficient (Wildman–Crippen LogP) is 3.96. The lowest BCUT2D eigenvalue weighted by Gasteiger charge is -2.32. The zero-order valence-electron chi connectivity index (χ0n) is 16.3. The van der Waals surface area contributed by atoms with Crippen LogP contribution >= 0.6 is 0 Å². The maximum Gasteiger partial charge on any atom is 0.243 e. The molecule has 0 aliphatic carbocycles. The second-order valence-electron chi connectivity index (χ2n) is 7.96. The van der Waals surface area contributed by atoms with E-state index in [0.717, 1.165) is 59.7 Å². The van der Waals surface area contributed by atoms with Crippen LogP contribution in [0.3, 0.4) is 0 Å². The summed E-state index contributed by atoms with van der Waals surface area (Å²) < 4.78 is 17.9. The Morgan fingerprint density at radius 3 is 2.86 bits per heavy atom. The summed E-state index contributed by atoms with van der Waals surface area (Å²) in [6.45, 7) is 2.79. The Labute approximate surface area is 165 Å². The van der Waals surface area contributed by atoms with Crippen LogP contribution < -0.4 is 14.8 Å². The van der Waals surface area contributed by atoms with Crippen LogP contribution in [0, 0.1) is 6.92 Å². The molecule has 2 aromatic rings. The number of aryl methyl sites for hydroxylation is 1. The Morgan fingerprint density at radius 2 is 2.07 bits per heavy atom. The van der Waals surface area contributed by atoms with E-state index in [2.05, 4.69) is 11.4 Å². The van der Waals surface area contributed by atoms with Gasteiger partial charge in [-0.25, -0.2) is 0 Å². The molecule has 3 atom stereocenters. The second-order valence-corrected chi connectivity index (χ2v) is 7.96. The van der Waals surface area contributed by atoms with E-state index >= 15 is 0 Å². The molecule has 3 aliphatic heterocycles. The number of rotatable bonds is 3. The lowest BCUT2D eigenvalue weighted by atomic mass is 9.70. The number of anilines is 1. The Hall–Kier alpha value is -2.53. The predicted molar refractivity (Wildman–Crippen MR) is 106 cm³/mol. The number of hydrogen-bond donors (Lipinski definition) is 1. The lowest BCUT2D eigenvalue weighted by molar-refractivity contribution is -0.122. The van der Waals surface area contributed by atoms with E-state index in [1.165, 1.54) is 0 Å². The van der Waals surface area contributed by atoms with E-state index in [-0.39, 0.29) is 18.1 Å². The van der Waals surface area contributed by atoms with Crippen LogP contribution in [0.1, 0.15) is 42.4 Å². The highest BCUT2D eigenvalue weighted by Crippen LogP contribution is 2.55. The van der Waals surface area contributed by atoms with Crippen molar-refractivity contribution in [2.75, 3.05) is 19.0 Å². The summed E-state index contributed by atoms with van der Waals surface area (Å²) in [4.78, 5) is 13.5. The van der Waals surface area contributed by atoms with Crippen LogP contribution in [0.2, 0.25) is 0 Å². The maximum absolute atomic E-state index is 13.5. The monoisotopic (exact) mass is 379 g/mol. The van der Waals surface area contributed by atoms with Crippen molar-refractivity contribution in [3.8, 4) is 11.5 Å². The van der Waals surface area contributed by atoms with Crippen molar-refractivity contribution < 1.29 is 19.0 Å². The lowest BCUT2D eigenvalue weighted by Crippen LogP contribution is -2.47. The van der Waals surface area contributed by atoms with Gasteiger partial charge in [0.15, 0.2) is 0 Å². The molecule has 146 valence electrons. The first-order chi connectivity index (χ1) is 13.6. The van der Waals surface area contributed by atoms with Crippen molar-refractivity contribution in [1.29, 1.82) is 0 Å². The average Bonchev–Trinajstić information content (AvgIpc) is 3.18. The van der Waals surface area contributed by atoms with E-state index in [1.807, 2.05) is 37.3 Å². The van der Waals surface area contributed by atoms with Gasteiger partial charge in [0, 0.05) is 30.3 Å². The first-order valence-electron chi connectivity index (χ1n) is 10.0. The minimum atomic E-state index is -0.843. The van der Waals surface area contributed by atoms with Crippen LogP contribution in [0.25, 0.3) is 0 Å². The quantitative estimate of drug-likeness (QED) is 0.877. The first kappa shape index (κ1) is 17.6. The van der Waals surface area contributed by atoms with Crippen LogP contribution in [0.15, 0.2) is 36.4 Å². The molecule has 1 spiro atoms. The standard InChI is InChI=1S/C23H25NO4/c1-14-11-17-20(13-19(14)26-2)28-21(12-15-7-5-6-10-27-15)23(17)16-8-3-4-9-18(16)24-22(23)25/h3-4,8-9,11,13,15,21H,5-7,10,12H2,1-2H3,(H,24,25)/t15?,21-,23?/m1/s1. The summed E-state index contributed by atoms with van der Waals surface area (Å²) in [5, 5.41) is 3.10. The molecule has 0 radical (unpaired) electrons. The molecule has 0 aromatic heterocycles. The van der Waals surface area contributed by atoms with Crippen LogP contribution in [0.5, 0.6) is 11.5 Å². The fourth-order valence-electron chi connectivity index (χ4n) is 5.03. The molecule has 2 unspecified atom stereocenters. The van der Waals surface area contributed by atoms with Crippen molar-refractivity contribution in [3.63, 3.8) is 0 Å². The highest BCUT2D eigenvalue weighted by atomic mass is 16.5. The topological polar surface area (TPSA) is 56.8 Å². The molecular formula is C23H25NO4. The number of hydrogen-bond acceptors (Lipinski definition) is 4. The smallest absolute Gasteiger partial charge is 0.243 e. The number of nitrogens with one attached hydrogen (secondary N) is 1. The largest absolute Gasteiger partial charge is 0.496 e. The van der Waals surface area contributed by atoms with Gasteiger partial charge < -0.3 is 19.5 Å². The van der Waals surface area contributed by atoms with Crippen molar-refractivity contribution in [1.82, 2.24) is 0 Å². The molecule has 3 aliphatic rings. The molecule has 1 saturated heterocycles. The molecule has 28 heavy (non-hydrogen) atoms. The summed E-state index contributed by atoms with van der Waals surface area (Å²) in [5.74, 6) is 1.49. The molecular weight excluding hydrogens is 354 g/mol. The van der Waals surface area contributed by atoms with Gasteiger partial charge in [0.1, 0.15) is 23.0 Å². The minimum absolute atomic E-state index is 0.0159. The van der Waals surface area contributed by atoms with Gasteiger partial charge in [-0.05, 0) is 49.4 Å². The summed E-state index contributed by atoms with van der Waals surface area (Å²) in [7, 11) is 1.66. The summed E-state index contributed by atoms with van der Waals surface area (Å²) >= 11 is 0. The molecule has 1 fully saturated rings. The maximum atomic E-state index is 13.5. The molecule has 1 amide bonds. The summed E-state index contributed by atoms with van der Waals surface area (Å²) in [5.41, 5.74) is 2.94. The zero-order valence-corrected chi connectivity index (χ0v) is 16.3. The Balaban J connectivity index is 1.66. The Kier molecular flexibility index (Phi) is 4.09. The van der Waals surface area contributed by atoms with Gasteiger partial charge in [0.05, 0.1) is 13.2 Å². The highest BCUT2D eigenvalue weighted by molar-refractivity contribution is 6.10. The average molecular weight is 379 g/mol. The molecule has 1 N–H and O–H groups in total. The van der Waals surface area contributed by atoms with Gasteiger partial charge in [-0.15, -0.1) is 0 Å². The molecule has 5 heteroatoms. The normalized spacial score (nSPS) is 27.9. The first-order valence-corrected chi connectivity index (χ1v) is 10.0. The van der Waals surface area contributed by atoms with Crippen LogP contribution in [-0.2, 0) is 14.9 Å². The summed E-state index contributed by atoms with van der Waals surface area (Å²) in [6, 6.07) is 11.9. The van der Waals surface area contributed by atoms with Gasteiger partial charge >= 0.3 is 0 Å². The highest BCUT2D eigenvalue weighted by Gasteiger charge is 2.60. The molecule has 5 nitrogen and oxygen atoms in total. The number of methoxy groups -OCH3 is 1. The van der Waals surface area contributed by atoms with E-state index in [1.54, 1.807) is 7.11 Å². The number of fused-ring (bicyclic) bond motifs is 4. The number of carbonyl (C=O) groups is 1. The molecule has 5 rings (SSSR count). The third-order valence-corrected chi connectivity index (χ3v) is 6.38. The van der Waals surface area contributed by atoms with Gasteiger partial charge in [-0.3, -0.25) is 4.79 Å². The Morgan fingerprint density at radius 1 is 1.21 bits per heavy atom. The number of ether oxygens (including phenoxy) is 3. The second kappa shape index (κ2) is 6.52. The number of carbonyl (C=O) groups excluding carboxylic acids is 1. The van der Waals surface area contributed by atoms with Crippen molar-refractivity contribution in [3.05, 3.63) is 53.1 Å². The molecule has 3 heterocycles. The van der Waals surface area contributed by atoms with E-state index in [0.29, 0.717) is 6.42 Å². The van der Waals surface area contributed by atoms with E-state index < -0.39 is 5.41 Å². The minimum Gasteiger partial charge on any atom is -0.496 e. The third kappa shape index (κ3) is 2.39. The summed E-state index contributed by atoms with van der Waals surface area (Å²) in [6.07, 6.45) is 3.78. The van der Waals surface area contributed by atoms with Crippen molar-refractivity contribution in [2.45, 2.75) is 50.2 Å². The fourth-order valence-corrected chi connectivity index (χ4v) is 5.03. The van der Waals surface area contributed by atoms with Crippen LogP contribution in [0.4, 0.5) is 5.69 Å². The van der Waals surface area contributed by atoms with Crippen molar-refractivity contribution in [2.24, 2.45) is 0 Å². The Bertz CT molecular complexity index is 934. The van der Waals surface area contributed by atoms with Crippen LogP contribution in [-0.4, -0.2) is 31.8 Å². The number of benzene rings is 2. The van der Waals surface area contributed by atoms with Gasteiger partial charge in [0.25, 0.3) is 0 Å². The molecule has 2 aromatic carbocycles. The zero-order chi connectivity index (χ0) is 19.3. The third-order valence-electron chi connectivity index (χ3n) is 6.38. The van der Waals surface area contributed by atoms with Gasteiger partial charge in [0.2, 0.25) is 5.91 Å². The van der Waals surface area contributed by atoms with Crippen molar-refractivity contribution >= 4 is 11.6 Å².